The Balaban J connectivity index is 1.84. The third kappa shape index (κ3) is 5.53. The molecule has 170 valence electrons. The normalized spacial score (nSPS) is 15.9. The van der Waals surface area contributed by atoms with Crippen LogP contribution >= 0.6 is 11.3 Å². The monoisotopic (exact) mass is 460 g/mol. The van der Waals surface area contributed by atoms with Crippen LogP contribution in [0.15, 0.2) is 6.07 Å². The van der Waals surface area contributed by atoms with Crippen LogP contribution in [-0.4, -0.2) is 76.8 Å². The van der Waals surface area contributed by atoms with Gasteiger partial charge >= 0.3 is 12.1 Å². The molecule has 13 heteroatoms. The van der Waals surface area contributed by atoms with E-state index in [4.69, 9.17) is 5.73 Å². The van der Waals surface area contributed by atoms with Crippen LogP contribution in [0, 0.1) is 0 Å². The first-order valence-corrected chi connectivity index (χ1v) is 10.5. The van der Waals surface area contributed by atoms with Gasteiger partial charge in [-0.05, 0) is 12.5 Å². The lowest BCUT2D eigenvalue weighted by Crippen LogP contribution is -2.49. The van der Waals surface area contributed by atoms with Gasteiger partial charge in [0.05, 0.1) is 5.39 Å². The van der Waals surface area contributed by atoms with E-state index in [9.17, 15) is 27.9 Å². The summed E-state index contributed by atoms with van der Waals surface area (Å²) in [5.74, 6) is -1.42. The van der Waals surface area contributed by atoms with Crippen molar-refractivity contribution in [1.29, 1.82) is 0 Å². The summed E-state index contributed by atoms with van der Waals surface area (Å²) < 4.78 is 37.5. The Morgan fingerprint density at radius 2 is 1.97 bits per heavy atom. The fraction of sp³-hybridized carbons (Fsp3) is 0.556. The molecule has 2 aromatic rings. The highest BCUT2D eigenvalue weighted by Crippen LogP contribution is 2.33. The molecule has 0 aliphatic carbocycles. The van der Waals surface area contributed by atoms with Gasteiger partial charge in [-0.3, -0.25) is 4.79 Å². The molecule has 1 fully saturated rings. The number of hydrogen-bond acceptors (Lipinski definition) is 8. The van der Waals surface area contributed by atoms with E-state index in [1.54, 1.807) is 0 Å². The Bertz CT molecular complexity index is 959. The Kier molecular flexibility index (Phi) is 6.84. The third-order valence-corrected chi connectivity index (χ3v) is 6.07. The molecule has 1 amide bonds. The zero-order valence-corrected chi connectivity index (χ0v) is 17.6. The first kappa shape index (κ1) is 23.0. The van der Waals surface area contributed by atoms with Crippen LogP contribution in [-0.2, 0) is 16.0 Å². The van der Waals surface area contributed by atoms with E-state index < -0.39 is 30.5 Å². The second-order valence-corrected chi connectivity index (χ2v) is 8.20. The zero-order valence-electron chi connectivity index (χ0n) is 16.8. The number of halogens is 3. The molecule has 3 heterocycles. The lowest BCUT2D eigenvalue weighted by Gasteiger charge is -2.36. The van der Waals surface area contributed by atoms with E-state index >= 15 is 0 Å². The van der Waals surface area contributed by atoms with E-state index in [-0.39, 0.29) is 25.6 Å². The number of piperazine rings is 1. The summed E-state index contributed by atoms with van der Waals surface area (Å²) in [5.41, 5.74) is 5.50. The molecule has 4 N–H and O–H groups in total. The highest BCUT2D eigenvalue weighted by atomic mass is 32.1. The molecule has 0 bridgehead atoms. The highest BCUT2D eigenvalue weighted by molar-refractivity contribution is 7.18. The number of anilines is 2. The summed E-state index contributed by atoms with van der Waals surface area (Å²) in [4.78, 5) is 36.9. The molecular formula is C18H23F3N6O3S. The predicted octanol–water partition coefficient (Wildman–Crippen LogP) is 1.68. The van der Waals surface area contributed by atoms with Crippen LogP contribution in [0.3, 0.4) is 0 Å². The lowest BCUT2D eigenvalue weighted by molar-refractivity contribution is -0.161. The zero-order chi connectivity index (χ0) is 22.8. The minimum Gasteiger partial charge on any atom is -0.480 e. The van der Waals surface area contributed by atoms with E-state index in [0.29, 0.717) is 23.7 Å². The van der Waals surface area contributed by atoms with Crippen molar-refractivity contribution < 1.29 is 27.9 Å². The number of carboxylic acids is 1. The van der Waals surface area contributed by atoms with Gasteiger partial charge in [-0.15, -0.1) is 11.3 Å². The summed E-state index contributed by atoms with van der Waals surface area (Å²) in [5, 5.41) is 12.7. The Morgan fingerprint density at radius 1 is 1.29 bits per heavy atom. The molecule has 3 rings (SSSR count). The number of aryl methyl sites for hydroxylation is 1. The van der Waals surface area contributed by atoms with E-state index in [1.807, 2.05) is 17.9 Å². The number of amides is 1. The number of thiophene rings is 1. The van der Waals surface area contributed by atoms with Gasteiger partial charge in [-0.2, -0.15) is 18.2 Å². The average molecular weight is 460 g/mol. The van der Waals surface area contributed by atoms with Crippen molar-refractivity contribution in [3.05, 3.63) is 10.9 Å². The maximum absolute atomic E-state index is 12.5. The lowest BCUT2D eigenvalue weighted by atomic mass is 10.2. The Labute approximate surface area is 180 Å². The topological polar surface area (TPSA) is 125 Å². The smallest absolute Gasteiger partial charge is 0.397 e. The molecule has 1 saturated heterocycles. The SMILES string of the molecule is CCc1cc2c(N3CCN(C(=O)CC(F)(F)F)CC3)nc(N[C@H](CN)C(=O)O)nc2s1. The fourth-order valence-corrected chi connectivity index (χ4v) is 4.23. The van der Waals surface area contributed by atoms with Crippen molar-refractivity contribution in [2.24, 2.45) is 5.73 Å². The number of carboxylic acid groups (broad SMARTS) is 1. The summed E-state index contributed by atoms with van der Waals surface area (Å²) in [6.07, 6.45) is -5.23. The van der Waals surface area contributed by atoms with Crippen molar-refractivity contribution in [3.63, 3.8) is 0 Å². The van der Waals surface area contributed by atoms with Gasteiger partial charge in [0.1, 0.15) is 23.1 Å². The first-order valence-electron chi connectivity index (χ1n) is 9.70. The summed E-state index contributed by atoms with van der Waals surface area (Å²) in [6, 6.07) is 0.894. The molecule has 0 unspecified atom stereocenters. The molecule has 0 radical (unpaired) electrons. The molecule has 2 aromatic heterocycles. The first-order chi connectivity index (χ1) is 14.6. The standard InChI is InChI=1S/C18H23F3N6O3S/c1-2-10-7-11-14(24-17(25-15(11)31-10)23-12(9-22)16(29)30)27-5-3-26(4-6-27)13(28)8-18(19,20)21/h7,12H,2-6,8-9,22H2,1H3,(H,29,30)(H,23,24,25)/t12-/m1/s1. The number of carbonyl (C=O) groups is 2. The van der Waals surface area contributed by atoms with Crippen molar-refractivity contribution in [2.75, 3.05) is 42.9 Å². The number of alkyl halides is 3. The summed E-state index contributed by atoms with van der Waals surface area (Å²) in [7, 11) is 0. The van der Waals surface area contributed by atoms with Crippen LogP contribution < -0.4 is 16.0 Å². The second kappa shape index (κ2) is 9.22. The molecule has 1 aliphatic heterocycles. The highest BCUT2D eigenvalue weighted by Gasteiger charge is 2.35. The molecule has 0 aromatic carbocycles. The van der Waals surface area contributed by atoms with Crippen LogP contribution in [0.25, 0.3) is 10.2 Å². The molecule has 1 aliphatic rings. The van der Waals surface area contributed by atoms with Crippen LogP contribution in [0.5, 0.6) is 0 Å². The number of carbonyl (C=O) groups excluding carboxylic acids is 1. The molecule has 9 nitrogen and oxygen atoms in total. The molecular weight excluding hydrogens is 437 g/mol. The molecule has 0 saturated carbocycles. The average Bonchev–Trinajstić information content (AvgIpc) is 3.13. The van der Waals surface area contributed by atoms with Crippen molar-refractivity contribution in [2.45, 2.75) is 32.0 Å². The van der Waals surface area contributed by atoms with Crippen LogP contribution in [0.2, 0.25) is 0 Å². The molecule has 31 heavy (non-hydrogen) atoms. The van der Waals surface area contributed by atoms with Crippen LogP contribution in [0.4, 0.5) is 24.9 Å². The van der Waals surface area contributed by atoms with Gasteiger partial charge < -0.3 is 26.0 Å². The van der Waals surface area contributed by atoms with Gasteiger partial charge in [0.2, 0.25) is 11.9 Å². The Hall–Kier alpha value is -2.67. The summed E-state index contributed by atoms with van der Waals surface area (Å²) >= 11 is 1.46. The van der Waals surface area contributed by atoms with Gasteiger partial charge in [0.15, 0.2) is 0 Å². The predicted molar refractivity (Wildman–Crippen MR) is 110 cm³/mol. The van der Waals surface area contributed by atoms with Crippen molar-refractivity contribution in [3.8, 4) is 0 Å². The van der Waals surface area contributed by atoms with Gasteiger partial charge in [0, 0.05) is 37.6 Å². The molecule has 1 atom stereocenters. The second-order valence-electron chi connectivity index (χ2n) is 7.09. The van der Waals surface area contributed by atoms with E-state index in [0.717, 1.165) is 16.7 Å². The third-order valence-electron chi connectivity index (χ3n) is 4.89. The number of nitrogens with zero attached hydrogens (tertiary/aromatic N) is 4. The van der Waals surface area contributed by atoms with Gasteiger partial charge in [-0.25, -0.2) is 9.78 Å². The van der Waals surface area contributed by atoms with Crippen molar-refractivity contribution >= 4 is 45.2 Å². The largest absolute Gasteiger partial charge is 0.480 e. The van der Waals surface area contributed by atoms with E-state index in [1.165, 1.54) is 16.2 Å². The Morgan fingerprint density at radius 3 is 2.52 bits per heavy atom. The number of nitrogens with two attached hydrogens (primary N) is 1. The minimum absolute atomic E-state index is 0.112. The maximum atomic E-state index is 12.5. The van der Waals surface area contributed by atoms with Gasteiger partial charge in [0.25, 0.3) is 0 Å². The number of nitrogens with one attached hydrogen (secondary N) is 1. The van der Waals surface area contributed by atoms with E-state index in [2.05, 4.69) is 15.3 Å². The fourth-order valence-electron chi connectivity index (χ4n) is 3.26. The number of fused-ring (bicyclic) bond motifs is 1. The number of hydrogen-bond donors (Lipinski definition) is 3. The minimum atomic E-state index is -4.54. The summed E-state index contributed by atoms with van der Waals surface area (Å²) in [6.45, 7) is 2.70. The number of aliphatic carboxylic acids is 1. The molecule has 0 spiro atoms. The van der Waals surface area contributed by atoms with Crippen molar-refractivity contribution in [1.82, 2.24) is 14.9 Å². The number of aromatic nitrogens is 2. The van der Waals surface area contributed by atoms with Gasteiger partial charge in [-0.1, -0.05) is 6.92 Å². The maximum Gasteiger partial charge on any atom is 0.397 e. The van der Waals surface area contributed by atoms with Crippen LogP contribution in [0.1, 0.15) is 18.2 Å². The number of rotatable bonds is 7. The quantitative estimate of drug-likeness (QED) is 0.570.